The zero-order valence-electron chi connectivity index (χ0n) is 9.00. The lowest BCUT2D eigenvalue weighted by molar-refractivity contribution is 0.685. The first kappa shape index (κ1) is 11.1. The Kier molecular flexibility index (Phi) is 2.43. The lowest BCUT2D eigenvalue weighted by atomic mass is 10.2. The summed E-state index contributed by atoms with van der Waals surface area (Å²) in [5.41, 5.74) is 7.51. The van der Waals surface area contributed by atoms with Crippen LogP contribution in [0.4, 0.5) is 0 Å². The number of hydrogen-bond acceptors (Lipinski definition) is 2. The van der Waals surface area contributed by atoms with Crippen molar-refractivity contribution in [2.75, 3.05) is 0 Å². The van der Waals surface area contributed by atoms with Crippen LogP contribution in [0.3, 0.4) is 0 Å². The Morgan fingerprint density at radius 1 is 1.29 bits per heavy atom. The Hall–Kier alpha value is -1.03. The number of halogens is 2. The van der Waals surface area contributed by atoms with Crippen molar-refractivity contribution in [1.29, 1.82) is 0 Å². The second-order valence-corrected chi connectivity index (χ2v) is 5.19. The molecule has 0 aliphatic heterocycles. The normalized spacial score (nSPS) is 17.1. The van der Waals surface area contributed by atoms with Crippen molar-refractivity contribution in [3.63, 3.8) is 0 Å². The number of hydrogen-bond donors (Lipinski definition) is 2. The summed E-state index contributed by atoms with van der Waals surface area (Å²) in [7, 11) is 0. The van der Waals surface area contributed by atoms with Crippen molar-refractivity contribution in [2.45, 2.75) is 18.4 Å². The fraction of sp³-hybridized carbons (Fsp3) is 0.250. The van der Waals surface area contributed by atoms with Crippen LogP contribution in [0.25, 0.3) is 11.3 Å². The number of aromatic nitrogens is 2. The summed E-state index contributed by atoms with van der Waals surface area (Å²) in [6.45, 7) is 0. The maximum absolute atomic E-state index is 6.16. The molecule has 3 N–H and O–H groups in total. The molecule has 0 atom stereocenters. The van der Waals surface area contributed by atoms with Gasteiger partial charge in [-0.2, -0.15) is 0 Å². The number of nitrogens with zero attached hydrogens (tertiary/aromatic N) is 1. The van der Waals surface area contributed by atoms with E-state index in [1.807, 2.05) is 12.1 Å². The van der Waals surface area contributed by atoms with Gasteiger partial charge in [-0.1, -0.05) is 35.3 Å². The van der Waals surface area contributed by atoms with E-state index in [4.69, 9.17) is 28.9 Å². The Balaban J connectivity index is 2.04. The molecule has 1 aromatic carbocycles. The van der Waals surface area contributed by atoms with E-state index in [0.717, 1.165) is 29.9 Å². The Bertz CT molecular complexity index is 573. The maximum Gasteiger partial charge on any atom is 0.126 e. The van der Waals surface area contributed by atoms with Crippen molar-refractivity contribution in [1.82, 2.24) is 9.97 Å². The van der Waals surface area contributed by atoms with E-state index in [0.29, 0.717) is 10.0 Å². The average molecular weight is 268 g/mol. The number of H-pyrrole nitrogens is 1. The monoisotopic (exact) mass is 267 g/mol. The largest absolute Gasteiger partial charge is 0.340 e. The van der Waals surface area contributed by atoms with Gasteiger partial charge >= 0.3 is 0 Å². The van der Waals surface area contributed by atoms with Crippen molar-refractivity contribution in [3.05, 3.63) is 40.3 Å². The van der Waals surface area contributed by atoms with Gasteiger partial charge in [0.15, 0.2) is 0 Å². The summed E-state index contributed by atoms with van der Waals surface area (Å²) < 4.78 is 0. The summed E-state index contributed by atoms with van der Waals surface area (Å²) in [4.78, 5) is 7.54. The molecule has 1 aliphatic rings. The van der Waals surface area contributed by atoms with Gasteiger partial charge in [-0.15, -0.1) is 0 Å². The molecule has 5 heteroatoms. The second kappa shape index (κ2) is 3.73. The van der Waals surface area contributed by atoms with E-state index in [1.54, 1.807) is 12.3 Å². The Labute approximate surface area is 109 Å². The molecular weight excluding hydrogens is 257 g/mol. The van der Waals surface area contributed by atoms with Gasteiger partial charge in [0.1, 0.15) is 5.82 Å². The van der Waals surface area contributed by atoms with Crippen LogP contribution in [0.15, 0.2) is 24.4 Å². The van der Waals surface area contributed by atoms with E-state index >= 15 is 0 Å². The van der Waals surface area contributed by atoms with E-state index in [2.05, 4.69) is 9.97 Å². The number of imidazole rings is 1. The van der Waals surface area contributed by atoms with Crippen LogP contribution in [0.5, 0.6) is 0 Å². The molecule has 1 fully saturated rings. The molecule has 88 valence electrons. The molecule has 1 aliphatic carbocycles. The van der Waals surface area contributed by atoms with Crippen molar-refractivity contribution in [2.24, 2.45) is 5.73 Å². The molecule has 1 heterocycles. The van der Waals surface area contributed by atoms with Gasteiger partial charge in [-0.25, -0.2) is 4.98 Å². The Morgan fingerprint density at radius 2 is 2.06 bits per heavy atom. The summed E-state index contributed by atoms with van der Waals surface area (Å²) >= 11 is 12.1. The highest BCUT2D eigenvalue weighted by Gasteiger charge is 2.42. The van der Waals surface area contributed by atoms with Gasteiger partial charge in [-0.3, -0.25) is 0 Å². The third-order valence-electron chi connectivity index (χ3n) is 3.08. The molecule has 3 rings (SSSR count). The molecule has 0 spiro atoms. The molecule has 0 saturated heterocycles. The zero-order chi connectivity index (χ0) is 12.0. The summed E-state index contributed by atoms with van der Waals surface area (Å²) in [6, 6.07) is 5.52. The van der Waals surface area contributed by atoms with Gasteiger partial charge < -0.3 is 10.7 Å². The Morgan fingerprint density at radius 3 is 2.76 bits per heavy atom. The van der Waals surface area contributed by atoms with E-state index in [1.165, 1.54) is 0 Å². The van der Waals surface area contributed by atoms with Crippen LogP contribution in [0.1, 0.15) is 18.7 Å². The zero-order valence-corrected chi connectivity index (χ0v) is 10.5. The van der Waals surface area contributed by atoms with E-state index in [9.17, 15) is 0 Å². The maximum atomic E-state index is 6.16. The molecule has 0 bridgehead atoms. The van der Waals surface area contributed by atoms with Crippen LogP contribution in [-0.2, 0) is 5.54 Å². The molecule has 1 saturated carbocycles. The smallest absolute Gasteiger partial charge is 0.126 e. The number of nitrogens with one attached hydrogen (secondary N) is 1. The fourth-order valence-electron chi connectivity index (χ4n) is 1.79. The number of rotatable bonds is 2. The minimum atomic E-state index is -0.261. The first-order valence-electron chi connectivity index (χ1n) is 5.39. The average Bonchev–Trinajstić information content (AvgIpc) is 2.88. The lowest BCUT2D eigenvalue weighted by Gasteiger charge is -2.05. The second-order valence-electron chi connectivity index (χ2n) is 4.40. The number of benzene rings is 1. The van der Waals surface area contributed by atoms with E-state index in [-0.39, 0.29) is 5.54 Å². The predicted molar refractivity (Wildman–Crippen MR) is 69.1 cm³/mol. The SMILES string of the molecule is NC1(c2ncc(-c3cccc(Cl)c3Cl)[nH]2)CC1. The highest BCUT2D eigenvalue weighted by molar-refractivity contribution is 6.43. The molecule has 2 aromatic rings. The van der Waals surface area contributed by atoms with Gasteiger partial charge in [0.2, 0.25) is 0 Å². The highest BCUT2D eigenvalue weighted by Crippen LogP contribution is 2.42. The van der Waals surface area contributed by atoms with E-state index < -0.39 is 0 Å². The minimum absolute atomic E-state index is 0.261. The number of aromatic amines is 1. The summed E-state index contributed by atoms with van der Waals surface area (Å²) in [5.74, 6) is 0.823. The summed E-state index contributed by atoms with van der Waals surface area (Å²) in [6.07, 6.45) is 3.70. The third kappa shape index (κ3) is 1.84. The van der Waals surface area contributed by atoms with Crippen LogP contribution in [0, 0.1) is 0 Å². The topological polar surface area (TPSA) is 54.7 Å². The highest BCUT2D eigenvalue weighted by atomic mass is 35.5. The molecule has 0 amide bonds. The van der Waals surface area contributed by atoms with Gasteiger partial charge in [0, 0.05) is 5.56 Å². The van der Waals surface area contributed by atoms with Crippen molar-refractivity contribution < 1.29 is 0 Å². The lowest BCUT2D eigenvalue weighted by Crippen LogP contribution is -2.20. The van der Waals surface area contributed by atoms with Gasteiger partial charge in [0.25, 0.3) is 0 Å². The van der Waals surface area contributed by atoms with Crippen LogP contribution in [-0.4, -0.2) is 9.97 Å². The van der Waals surface area contributed by atoms with Gasteiger partial charge in [0.05, 0.1) is 27.5 Å². The first-order chi connectivity index (χ1) is 8.10. The fourth-order valence-corrected chi connectivity index (χ4v) is 2.20. The molecule has 17 heavy (non-hydrogen) atoms. The molecule has 0 unspecified atom stereocenters. The molecular formula is C12H11Cl2N3. The predicted octanol–water partition coefficient (Wildman–Crippen LogP) is 3.33. The number of nitrogens with two attached hydrogens (primary N) is 1. The summed E-state index contributed by atoms with van der Waals surface area (Å²) in [5, 5.41) is 1.07. The van der Waals surface area contributed by atoms with Crippen LogP contribution < -0.4 is 5.73 Å². The van der Waals surface area contributed by atoms with Gasteiger partial charge in [-0.05, 0) is 18.9 Å². The molecule has 3 nitrogen and oxygen atoms in total. The third-order valence-corrected chi connectivity index (χ3v) is 3.90. The first-order valence-corrected chi connectivity index (χ1v) is 6.14. The van der Waals surface area contributed by atoms with Crippen LogP contribution >= 0.6 is 23.2 Å². The standard InChI is InChI=1S/C12H11Cl2N3/c13-8-3-1-2-7(10(8)14)9-6-16-11(17-9)12(15)4-5-12/h1-3,6H,4-5,15H2,(H,16,17). The minimum Gasteiger partial charge on any atom is -0.340 e. The molecule has 0 radical (unpaired) electrons. The van der Waals surface area contributed by atoms with Crippen molar-refractivity contribution in [3.8, 4) is 11.3 Å². The van der Waals surface area contributed by atoms with Crippen molar-refractivity contribution >= 4 is 23.2 Å². The molecule has 1 aromatic heterocycles. The van der Waals surface area contributed by atoms with Crippen LogP contribution in [0.2, 0.25) is 10.0 Å². The quantitative estimate of drug-likeness (QED) is 0.877.